The molecule has 0 aliphatic carbocycles. The molecule has 0 aliphatic heterocycles. The fourth-order valence-electron chi connectivity index (χ4n) is 1.10. The molecule has 0 spiro atoms. The topological polar surface area (TPSA) is 51.2 Å². The van der Waals surface area contributed by atoms with Crippen LogP contribution < -0.4 is 5.32 Å². The first kappa shape index (κ1) is 13.7. The molecule has 0 radical (unpaired) electrons. The molecule has 1 aromatic rings. The van der Waals surface area contributed by atoms with Gasteiger partial charge in [-0.25, -0.2) is 4.98 Å². The molecular formula is C12H15ClN2O2. The molecule has 0 bridgehead atoms. The third-order valence-electron chi connectivity index (χ3n) is 1.87. The molecular weight excluding hydrogens is 240 g/mol. The molecule has 1 amide bonds. The maximum absolute atomic E-state index is 11.6. The molecule has 0 atom stereocenters. The van der Waals surface area contributed by atoms with Crippen molar-refractivity contribution in [1.29, 1.82) is 0 Å². The summed E-state index contributed by atoms with van der Waals surface area (Å²) >= 11 is 5.62. The van der Waals surface area contributed by atoms with Crippen molar-refractivity contribution in [2.24, 2.45) is 0 Å². The first-order chi connectivity index (χ1) is 8.09. The molecule has 1 heterocycles. The second-order valence-electron chi connectivity index (χ2n) is 3.64. The van der Waals surface area contributed by atoms with Gasteiger partial charge in [-0.3, -0.25) is 4.79 Å². The van der Waals surface area contributed by atoms with Gasteiger partial charge < -0.3 is 10.1 Å². The van der Waals surface area contributed by atoms with E-state index in [9.17, 15) is 4.79 Å². The van der Waals surface area contributed by atoms with E-state index >= 15 is 0 Å². The van der Waals surface area contributed by atoms with Gasteiger partial charge in [0, 0.05) is 12.7 Å². The maximum Gasteiger partial charge on any atom is 0.252 e. The van der Waals surface area contributed by atoms with Crippen LogP contribution in [-0.2, 0) is 4.74 Å². The smallest absolute Gasteiger partial charge is 0.252 e. The summed E-state index contributed by atoms with van der Waals surface area (Å²) in [7, 11) is 0. The van der Waals surface area contributed by atoms with Crippen LogP contribution in [-0.4, -0.2) is 30.6 Å². The van der Waals surface area contributed by atoms with Crippen LogP contribution >= 0.6 is 11.6 Å². The molecule has 1 rings (SSSR count). The largest absolute Gasteiger partial charge is 0.375 e. The van der Waals surface area contributed by atoms with Crippen LogP contribution in [0.15, 0.2) is 30.5 Å². The fraction of sp³-hybridized carbons (Fsp3) is 0.333. The summed E-state index contributed by atoms with van der Waals surface area (Å²) in [5, 5.41) is 3.08. The number of hydrogen-bond donors (Lipinski definition) is 1. The second kappa shape index (κ2) is 7.04. The highest BCUT2D eigenvalue weighted by molar-refractivity contribution is 6.29. The lowest BCUT2D eigenvalue weighted by molar-refractivity contribution is 0.0926. The predicted octanol–water partition coefficient (Wildman–Crippen LogP) is 2.06. The van der Waals surface area contributed by atoms with Gasteiger partial charge in [0.2, 0.25) is 0 Å². The summed E-state index contributed by atoms with van der Waals surface area (Å²) in [4.78, 5) is 15.4. The van der Waals surface area contributed by atoms with Crippen molar-refractivity contribution < 1.29 is 9.53 Å². The molecule has 0 aromatic carbocycles. The Morgan fingerprint density at radius 2 is 2.35 bits per heavy atom. The minimum absolute atomic E-state index is 0.187. The van der Waals surface area contributed by atoms with Crippen LogP contribution in [0.3, 0.4) is 0 Å². The highest BCUT2D eigenvalue weighted by atomic mass is 35.5. The van der Waals surface area contributed by atoms with Crippen molar-refractivity contribution in [1.82, 2.24) is 10.3 Å². The monoisotopic (exact) mass is 254 g/mol. The number of halogens is 1. The Hall–Kier alpha value is -1.39. The van der Waals surface area contributed by atoms with E-state index in [2.05, 4.69) is 16.9 Å². The summed E-state index contributed by atoms with van der Waals surface area (Å²) in [5.74, 6) is -0.187. The molecule has 92 valence electrons. The number of ether oxygens (including phenoxy) is 1. The summed E-state index contributed by atoms with van der Waals surface area (Å²) in [5.41, 5.74) is 1.44. The first-order valence-electron chi connectivity index (χ1n) is 5.21. The third-order valence-corrected chi connectivity index (χ3v) is 2.09. The van der Waals surface area contributed by atoms with Crippen molar-refractivity contribution in [3.8, 4) is 0 Å². The van der Waals surface area contributed by atoms with E-state index in [1.54, 1.807) is 12.1 Å². The third kappa shape index (κ3) is 5.47. The molecule has 17 heavy (non-hydrogen) atoms. The zero-order chi connectivity index (χ0) is 12.7. The molecule has 0 fully saturated rings. The Labute approximate surface area is 106 Å². The number of aromatic nitrogens is 1. The van der Waals surface area contributed by atoms with E-state index in [0.717, 1.165) is 5.57 Å². The number of nitrogens with zero attached hydrogens (tertiary/aromatic N) is 1. The van der Waals surface area contributed by atoms with Gasteiger partial charge in [-0.2, -0.15) is 0 Å². The molecule has 1 N–H and O–H groups in total. The van der Waals surface area contributed by atoms with Gasteiger partial charge in [0.05, 0.1) is 18.8 Å². The Balaban J connectivity index is 2.25. The number of rotatable bonds is 6. The number of carbonyl (C=O) groups is 1. The van der Waals surface area contributed by atoms with Crippen LogP contribution in [0.2, 0.25) is 5.15 Å². The molecule has 1 aromatic heterocycles. The zero-order valence-corrected chi connectivity index (χ0v) is 10.5. The lowest BCUT2D eigenvalue weighted by Crippen LogP contribution is -2.27. The number of carbonyl (C=O) groups excluding carboxylic acids is 1. The number of hydrogen-bond acceptors (Lipinski definition) is 3. The lowest BCUT2D eigenvalue weighted by Gasteiger charge is -2.06. The molecule has 5 heteroatoms. The summed E-state index contributed by atoms with van der Waals surface area (Å²) in [6.07, 6.45) is 1.44. The Bertz CT molecular complexity index is 390. The van der Waals surface area contributed by atoms with Crippen LogP contribution in [0.1, 0.15) is 17.3 Å². The van der Waals surface area contributed by atoms with Gasteiger partial charge in [0.15, 0.2) is 0 Å². The summed E-state index contributed by atoms with van der Waals surface area (Å²) in [6, 6.07) is 3.20. The number of pyridine rings is 1. The quantitative estimate of drug-likeness (QED) is 0.480. The van der Waals surface area contributed by atoms with Gasteiger partial charge >= 0.3 is 0 Å². The van der Waals surface area contributed by atoms with Crippen LogP contribution in [0.5, 0.6) is 0 Å². The molecule has 4 nitrogen and oxygen atoms in total. The van der Waals surface area contributed by atoms with E-state index in [4.69, 9.17) is 16.3 Å². The van der Waals surface area contributed by atoms with E-state index in [1.807, 2.05) is 6.92 Å². The zero-order valence-electron chi connectivity index (χ0n) is 9.70. The predicted molar refractivity (Wildman–Crippen MR) is 67.2 cm³/mol. The molecule has 0 saturated carbocycles. The van der Waals surface area contributed by atoms with Crippen molar-refractivity contribution >= 4 is 17.5 Å². The van der Waals surface area contributed by atoms with Crippen molar-refractivity contribution in [2.45, 2.75) is 6.92 Å². The van der Waals surface area contributed by atoms with Crippen LogP contribution in [0.25, 0.3) is 0 Å². The molecule has 0 saturated heterocycles. The highest BCUT2D eigenvalue weighted by Crippen LogP contribution is 2.04. The minimum atomic E-state index is -0.187. The minimum Gasteiger partial charge on any atom is -0.375 e. The van der Waals surface area contributed by atoms with Gasteiger partial charge in [0.25, 0.3) is 5.91 Å². The highest BCUT2D eigenvalue weighted by Gasteiger charge is 2.04. The maximum atomic E-state index is 11.6. The summed E-state index contributed by atoms with van der Waals surface area (Å²) < 4.78 is 5.25. The van der Waals surface area contributed by atoms with Gasteiger partial charge in [-0.1, -0.05) is 23.8 Å². The fourth-order valence-corrected chi connectivity index (χ4v) is 1.21. The van der Waals surface area contributed by atoms with Gasteiger partial charge in [-0.15, -0.1) is 0 Å². The Morgan fingerprint density at radius 1 is 1.59 bits per heavy atom. The Morgan fingerprint density at radius 3 is 2.94 bits per heavy atom. The van der Waals surface area contributed by atoms with Gasteiger partial charge in [0.1, 0.15) is 5.15 Å². The van der Waals surface area contributed by atoms with Crippen molar-refractivity contribution in [2.75, 3.05) is 19.8 Å². The van der Waals surface area contributed by atoms with Gasteiger partial charge in [-0.05, 0) is 19.1 Å². The molecule has 0 unspecified atom stereocenters. The van der Waals surface area contributed by atoms with E-state index in [0.29, 0.717) is 30.5 Å². The SMILES string of the molecule is C=C(C)COCCNC(=O)c1ccc(Cl)nc1. The summed E-state index contributed by atoms with van der Waals surface area (Å²) in [6.45, 7) is 7.02. The van der Waals surface area contributed by atoms with Crippen molar-refractivity contribution in [3.05, 3.63) is 41.2 Å². The number of nitrogens with one attached hydrogen (secondary N) is 1. The van der Waals surface area contributed by atoms with E-state index in [-0.39, 0.29) is 5.91 Å². The normalized spacial score (nSPS) is 10.0. The van der Waals surface area contributed by atoms with Crippen LogP contribution in [0.4, 0.5) is 0 Å². The number of amides is 1. The average Bonchev–Trinajstić information content (AvgIpc) is 2.29. The second-order valence-corrected chi connectivity index (χ2v) is 4.02. The Kier molecular flexibility index (Phi) is 5.66. The van der Waals surface area contributed by atoms with Crippen LogP contribution in [0, 0.1) is 0 Å². The van der Waals surface area contributed by atoms with E-state index < -0.39 is 0 Å². The standard InChI is InChI=1S/C12H15ClN2O2/c1-9(2)8-17-6-5-14-12(16)10-3-4-11(13)15-7-10/h3-4,7H,1,5-6,8H2,2H3,(H,14,16). The lowest BCUT2D eigenvalue weighted by atomic mass is 10.3. The first-order valence-corrected chi connectivity index (χ1v) is 5.59. The molecule has 0 aliphatic rings. The average molecular weight is 255 g/mol. The van der Waals surface area contributed by atoms with E-state index in [1.165, 1.54) is 6.20 Å². The van der Waals surface area contributed by atoms with Crippen molar-refractivity contribution in [3.63, 3.8) is 0 Å².